The molecular formula is C8H12OS4. The third-order valence-corrected chi connectivity index (χ3v) is 6.90. The molecule has 1 fully saturated rings. The van der Waals surface area contributed by atoms with Gasteiger partial charge < -0.3 is 0 Å². The fourth-order valence-corrected chi connectivity index (χ4v) is 5.49. The van der Waals surface area contributed by atoms with Crippen molar-refractivity contribution in [2.24, 2.45) is 0 Å². The summed E-state index contributed by atoms with van der Waals surface area (Å²) in [5.74, 6) is 2.98. The maximum atomic E-state index is 10.9. The molecule has 1 nitrogen and oxygen atoms in total. The van der Waals surface area contributed by atoms with E-state index in [2.05, 4.69) is 19.2 Å². The van der Waals surface area contributed by atoms with E-state index < -0.39 is 0 Å². The zero-order valence-corrected chi connectivity index (χ0v) is 10.5. The summed E-state index contributed by atoms with van der Waals surface area (Å²) in [7, 11) is 0. The van der Waals surface area contributed by atoms with Crippen LogP contribution >= 0.6 is 47.9 Å². The van der Waals surface area contributed by atoms with Crippen LogP contribution in [-0.2, 0) is 4.79 Å². The molecule has 0 radical (unpaired) electrons. The highest BCUT2D eigenvalue weighted by atomic mass is 32.2. The van der Waals surface area contributed by atoms with Gasteiger partial charge in [0.25, 0.3) is 0 Å². The summed E-state index contributed by atoms with van der Waals surface area (Å²) < 4.78 is 0.618. The van der Waals surface area contributed by atoms with Crippen LogP contribution < -0.4 is 0 Å². The predicted octanol–water partition coefficient (Wildman–Crippen LogP) is 2.54. The van der Waals surface area contributed by atoms with Gasteiger partial charge >= 0.3 is 0 Å². The van der Waals surface area contributed by atoms with Crippen molar-refractivity contribution in [3.8, 4) is 0 Å². The monoisotopic (exact) mass is 252 g/mol. The van der Waals surface area contributed by atoms with Crippen LogP contribution in [0.2, 0.25) is 0 Å². The molecule has 0 amide bonds. The summed E-state index contributed by atoms with van der Waals surface area (Å²) in [6.45, 7) is 3.44. The van der Waals surface area contributed by atoms with E-state index in [9.17, 15) is 4.79 Å². The second-order valence-corrected chi connectivity index (χ2v) is 6.97. The van der Waals surface area contributed by atoms with E-state index >= 15 is 0 Å². The molecule has 0 saturated carbocycles. The summed E-state index contributed by atoms with van der Waals surface area (Å²) in [6, 6.07) is 0. The van der Waals surface area contributed by atoms with E-state index in [-0.39, 0.29) is 5.12 Å². The molecule has 0 spiro atoms. The second kappa shape index (κ2) is 6.32. The van der Waals surface area contributed by atoms with Crippen LogP contribution in [0, 0.1) is 0 Å². The lowest BCUT2D eigenvalue weighted by atomic mass is 10.5. The number of thioether (sulfide) groups is 3. The SMILES string of the molecule is C=CC(=O)SC[C@@H]1CSC(CS)S1. The van der Waals surface area contributed by atoms with Gasteiger partial charge in [0.1, 0.15) is 0 Å². The van der Waals surface area contributed by atoms with E-state index in [0.29, 0.717) is 9.83 Å². The fourth-order valence-electron chi connectivity index (χ4n) is 0.925. The summed E-state index contributed by atoms with van der Waals surface area (Å²) in [6.07, 6.45) is 1.38. The smallest absolute Gasteiger partial charge is 0.211 e. The maximum absolute atomic E-state index is 10.9. The Morgan fingerprint density at radius 3 is 3.08 bits per heavy atom. The summed E-state index contributed by atoms with van der Waals surface area (Å²) in [5, 5.41) is 0.691. The molecule has 5 heteroatoms. The van der Waals surface area contributed by atoms with E-state index in [1.165, 1.54) is 17.8 Å². The first kappa shape index (κ1) is 11.9. The lowest BCUT2D eigenvalue weighted by Crippen LogP contribution is -2.06. The quantitative estimate of drug-likeness (QED) is 0.611. The van der Waals surface area contributed by atoms with E-state index in [1.807, 2.05) is 23.5 Å². The molecule has 1 saturated heterocycles. The van der Waals surface area contributed by atoms with Gasteiger partial charge in [0.2, 0.25) is 5.12 Å². The first-order valence-corrected chi connectivity index (χ1v) is 7.54. The molecule has 0 aromatic carbocycles. The highest BCUT2D eigenvalue weighted by molar-refractivity contribution is 8.22. The van der Waals surface area contributed by atoms with Gasteiger partial charge in [-0.25, -0.2) is 0 Å². The number of hydrogen-bond donors (Lipinski definition) is 1. The molecule has 1 aliphatic rings. The van der Waals surface area contributed by atoms with Crippen LogP contribution in [0.3, 0.4) is 0 Å². The molecule has 1 rings (SSSR count). The first-order chi connectivity index (χ1) is 6.26. The second-order valence-electron chi connectivity index (χ2n) is 2.54. The van der Waals surface area contributed by atoms with Crippen LogP contribution in [-0.4, -0.2) is 32.2 Å². The van der Waals surface area contributed by atoms with E-state index in [4.69, 9.17) is 0 Å². The van der Waals surface area contributed by atoms with Crippen LogP contribution in [0.1, 0.15) is 0 Å². The Bertz CT molecular complexity index is 195. The summed E-state index contributed by atoms with van der Waals surface area (Å²) in [4.78, 5) is 10.9. The first-order valence-electron chi connectivity index (χ1n) is 3.93. The van der Waals surface area contributed by atoms with Crippen LogP contribution in [0.5, 0.6) is 0 Å². The Balaban J connectivity index is 2.17. The lowest BCUT2D eigenvalue weighted by molar-refractivity contribution is -0.107. The number of thiol groups is 1. The van der Waals surface area contributed by atoms with E-state index in [0.717, 1.165) is 17.3 Å². The molecule has 1 heterocycles. The van der Waals surface area contributed by atoms with Crippen molar-refractivity contribution >= 4 is 53.0 Å². The fraction of sp³-hybridized carbons (Fsp3) is 0.625. The average Bonchev–Trinajstić information content (AvgIpc) is 2.61. The Morgan fingerprint density at radius 2 is 2.54 bits per heavy atom. The highest BCUT2D eigenvalue weighted by Crippen LogP contribution is 2.39. The van der Waals surface area contributed by atoms with Crippen molar-refractivity contribution in [2.45, 2.75) is 9.83 Å². The van der Waals surface area contributed by atoms with Gasteiger partial charge in [0.15, 0.2) is 0 Å². The Morgan fingerprint density at radius 1 is 1.77 bits per heavy atom. The highest BCUT2D eigenvalue weighted by Gasteiger charge is 2.25. The van der Waals surface area contributed by atoms with Crippen molar-refractivity contribution in [3.05, 3.63) is 12.7 Å². The molecule has 1 unspecified atom stereocenters. The molecule has 0 aliphatic carbocycles. The standard InChI is InChI=1S/C8H12OS4/c1-2-7(9)11-4-6-5-12-8(3-10)13-6/h2,6,8,10H,1,3-5H2/t6-,8?/m1/s1. The van der Waals surface area contributed by atoms with Crippen molar-refractivity contribution in [1.29, 1.82) is 0 Å². The Hall–Kier alpha value is 0.810. The zero-order chi connectivity index (χ0) is 9.68. The van der Waals surface area contributed by atoms with Crippen LogP contribution in [0.4, 0.5) is 0 Å². The molecule has 0 N–H and O–H groups in total. The van der Waals surface area contributed by atoms with Gasteiger partial charge in [-0.1, -0.05) is 18.3 Å². The predicted molar refractivity (Wildman–Crippen MR) is 69.1 cm³/mol. The summed E-state index contributed by atoms with van der Waals surface area (Å²) >= 11 is 9.51. The number of rotatable bonds is 4. The summed E-state index contributed by atoms with van der Waals surface area (Å²) in [5.41, 5.74) is 0. The van der Waals surface area contributed by atoms with E-state index in [1.54, 1.807) is 0 Å². The molecule has 0 aromatic rings. The number of hydrogen-bond acceptors (Lipinski definition) is 5. The van der Waals surface area contributed by atoms with Gasteiger partial charge in [-0.3, -0.25) is 4.79 Å². The Kier molecular flexibility index (Phi) is 5.78. The molecule has 74 valence electrons. The largest absolute Gasteiger partial charge is 0.282 e. The molecule has 2 atom stereocenters. The minimum atomic E-state index is 0.0833. The Labute approximate surface area is 97.3 Å². The van der Waals surface area contributed by atoms with Gasteiger partial charge in [0, 0.05) is 22.5 Å². The minimum Gasteiger partial charge on any atom is -0.282 e. The van der Waals surface area contributed by atoms with Gasteiger partial charge in [-0.15, -0.1) is 23.5 Å². The van der Waals surface area contributed by atoms with Gasteiger partial charge in [0.05, 0.1) is 4.58 Å². The molecule has 13 heavy (non-hydrogen) atoms. The number of carbonyl (C=O) groups is 1. The van der Waals surface area contributed by atoms with Crippen LogP contribution in [0.25, 0.3) is 0 Å². The molecule has 0 bridgehead atoms. The van der Waals surface area contributed by atoms with Crippen molar-refractivity contribution in [1.82, 2.24) is 0 Å². The molecule has 1 aliphatic heterocycles. The van der Waals surface area contributed by atoms with Crippen molar-refractivity contribution in [3.63, 3.8) is 0 Å². The molecular weight excluding hydrogens is 240 g/mol. The van der Waals surface area contributed by atoms with Gasteiger partial charge in [-0.2, -0.15) is 12.6 Å². The minimum absolute atomic E-state index is 0.0833. The number of carbonyl (C=O) groups excluding carboxylic acids is 1. The lowest BCUT2D eigenvalue weighted by Gasteiger charge is -2.06. The van der Waals surface area contributed by atoms with Crippen LogP contribution in [0.15, 0.2) is 12.7 Å². The molecule has 0 aromatic heterocycles. The zero-order valence-electron chi connectivity index (χ0n) is 7.14. The third kappa shape index (κ3) is 4.23. The average molecular weight is 252 g/mol. The maximum Gasteiger partial charge on any atom is 0.211 e. The van der Waals surface area contributed by atoms with Gasteiger partial charge in [-0.05, 0) is 6.08 Å². The topological polar surface area (TPSA) is 17.1 Å². The van der Waals surface area contributed by atoms with Crippen molar-refractivity contribution in [2.75, 3.05) is 17.3 Å². The third-order valence-electron chi connectivity index (χ3n) is 1.54. The normalized spacial score (nSPS) is 27.5. The van der Waals surface area contributed by atoms with Crippen molar-refractivity contribution < 1.29 is 4.79 Å².